The summed E-state index contributed by atoms with van der Waals surface area (Å²) in [5.74, 6) is -5.04. The van der Waals surface area contributed by atoms with E-state index in [1.165, 1.54) is 20.3 Å². The Morgan fingerprint density at radius 1 is 1.09 bits per heavy atom. The van der Waals surface area contributed by atoms with E-state index in [4.69, 9.17) is 9.47 Å². The molecule has 1 aliphatic carbocycles. The van der Waals surface area contributed by atoms with Crippen LogP contribution in [-0.4, -0.2) is 55.3 Å². The molecule has 0 aromatic carbocycles. The van der Waals surface area contributed by atoms with E-state index in [2.05, 4.69) is 15.0 Å². The zero-order chi connectivity index (χ0) is 25.2. The molecule has 1 aliphatic rings. The monoisotopic (exact) mass is 501 g/mol. The summed E-state index contributed by atoms with van der Waals surface area (Å²) in [6, 6.07) is 2.42. The Morgan fingerprint density at radius 2 is 1.65 bits per heavy atom. The zero-order valence-corrected chi connectivity index (χ0v) is 18.6. The first-order valence-electron chi connectivity index (χ1n) is 9.72. The standard InChI is InChI=1S/C20H18F3N3O7S/c1-32-13-8-14(33-2)26-19(25-13)18(34(30)31)16-9(6-7-12(24-16)20(21,22)23)17(29)15-10(27)4-3-5-11(15)28/h6-8,15,18H,3-5H2,1-2H3,(H,30,31). The molecule has 0 bridgehead atoms. The molecule has 0 saturated heterocycles. The fraction of sp³-hybridized carbons (Fsp3) is 0.400. The molecular formula is C20H18F3N3O7S. The Hall–Kier alpha value is -3.26. The molecule has 1 saturated carbocycles. The molecule has 10 nitrogen and oxygen atoms in total. The summed E-state index contributed by atoms with van der Waals surface area (Å²) in [6.45, 7) is 0. The van der Waals surface area contributed by atoms with Crippen molar-refractivity contribution in [2.75, 3.05) is 14.2 Å². The molecule has 0 spiro atoms. The average Bonchev–Trinajstić information content (AvgIpc) is 2.77. The van der Waals surface area contributed by atoms with Gasteiger partial charge in [0.2, 0.25) is 11.8 Å². The highest BCUT2D eigenvalue weighted by atomic mass is 32.2. The molecule has 0 aliphatic heterocycles. The molecule has 0 radical (unpaired) electrons. The topological polar surface area (TPSA) is 146 Å². The van der Waals surface area contributed by atoms with Crippen LogP contribution >= 0.6 is 0 Å². The summed E-state index contributed by atoms with van der Waals surface area (Å²) in [5.41, 5.74) is -2.88. The lowest BCUT2D eigenvalue weighted by Gasteiger charge is -2.22. The van der Waals surface area contributed by atoms with Gasteiger partial charge in [-0.3, -0.25) is 14.4 Å². The number of ketones is 3. The second kappa shape index (κ2) is 9.93. The molecule has 0 amide bonds. The predicted molar refractivity (Wildman–Crippen MR) is 109 cm³/mol. The quantitative estimate of drug-likeness (QED) is 0.341. The first-order valence-corrected chi connectivity index (χ1v) is 10.9. The van der Waals surface area contributed by atoms with Gasteiger partial charge < -0.3 is 14.0 Å². The molecule has 2 aromatic heterocycles. The molecule has 2 unspecified atom stereocenters. The molecule has 2 heterocycles. The summed E-state index contributed by atoms with van der Waals surface area (Å²) in [4.78, 5) is 49.0. The van der Waals surface area contributed by atoms with Crippen molar-refractivity contribution < 1.29 is 45.8 Å². The van der Waals surface area contributed by atoms with Gasteiger partial charge in [0.1, 0.15) is 11.6 Å². The minimum atomic E-state index is -4.97. The van der Waals surface area contributed by atoms with Crippen LogP contribution in [0.1, 0.15) is 52.1 Å². The van der Waals surface area contributed by atoms with Gasteiger partial charge in [0, 0.05) is 18.4 Å². The van der Waals surface area contributed by atoms with E-state index in [1.54, 1.807) is 0 Å². The third kappa shape index (κ3) is 5.12. The summed E-state index contributed by atoms with van der Waals surface area (Å²) >= 11 is -3.00. The van der Waals surface area contributed by atoms with Crippen LogP contribution < -0.4 is 9.47 Å². The Balaban J connectivity index is 2.26. The minimum Gasteiger partial charge on any atom is -0.481 e. The molecule has 2 aromatic rings. The maximum absolute atomic E-state index is 13.4. The number of Topliss-reactive ketones (excluding diaryl/α,β-unsaturated/α-hetero) is 3. The third-order valence-electron chi connectivity index (χ3n) is 5.03. The molecule has 2 atom stereocenters. The van der Waals surface area contributed by atoms with Gasteiger partial charge in [-0.1, -0.05) is 0 Å². The highest BCUT2D eigenvalue weighted by Gasteiger charge is 2.41. The van der Waals surface area contributed by atoms with E-state index in [-0.39, 0.29) is 31.0 Å². The number of alkyl halides is 3. The second-order valence-electron chi connectivity index (χ2n) is 7.18. The van der Waals surface area contributed by atoms with Gasteiger partial charge in [-0.05, 0) is 18.6 Å². The first kappa shape index (κ1) is 25.4. The Kier molecular flexibility index (Phi) is 7.41. The van der Waals surface area contributed by atoms with E-state index >= 15 is 0 Å². The van der Waals surface area contributed by atoms with Crippen LogP contribution in [0.25, 0.3) is 0 Å². The van der Waals surface area contributed by atoms with E-state index < -0.39 is 68.6 Å². The number of nitrogens with zero attached hydrogens (tertiary/aromatic N) is 3. The molecule has 182 valence electrons. The second-order valence-corrected chi connectivity index (χ2v) is 8.20. The third-order valence-corrected chi connectivity index (χ3v) is 5.87. The number of carbonyl (C=O) groups is 3. The lowest BCUT2D eigenvalue weighted by Crippen LogP contribution is -2.36. The van der Waals surface area contributed by atoms with Crippen molar-refractivity contribution in [1.82, 2.24) is 15.0 Å². The summed E-state index contributed by atoms with van der Waals surface area (Å²) in [7, 11) is 2.43. The minimum absolute atomic E-state index is 0.0584. The van der Waals surface area contributed by atoms with E-state index in [9.17, 15) is 36.3 Å². The lowest BCUT2D eigenvalue weighted by atomic mass is 9.81. The highest BCUT2D eigenvalue weighted by Crippen LogP contribution is 2.35. The van der Waals surface area contributed by atoms with Crippen LogP contribution in [0.5, 0.6) is 11.8 Å². The van der Waals surface area contributed by atoms with Gasteiger partial charge in [-0.2, -0.15) is 23.1 Å². The molecule has 1 N–H and O–H groups in total. The number of methoxy groups -OCH3 is 2. The van der Waals surface area contributed by atoms with E-state index in [0.717, 1.165) is 6.07 Å². The van der Waals surface area contributed by atoms with Crippen LogP contribution in [0.15, 0.2) is 18.2 Å². The molecule has 34 heavy (non-hydrogen) atoms. The largest absolute Gasteiger partial charge is 0.481 e. The Morgan fingerprint density at radius 3 is 2.12 bits per heavy atom. The van der Waals surface area contributed by atoms with Crippen molar-refractivity contribution in [3.8, 4) is 11.8 Å². The van der Waals surface area contributed by atoms with Crippen LogP contribution in [-0.2, 0) is 26.8 Å². The number of carbonyl (C=O) groups excluding carboxylic acids is 3. The van der Waals surface area contributed by atoms with Crippen molar-refractivity contribution in [2.24, 2.45) is 5.92 Å². The van der Waals surface area contributed by atoms with Crippen molar-refractivity contribution in [3.05, 3.63) is 41.0 Å². The van der Waals surface area contributed by atoms with Crippen molar-refractivity contribution in [3.63, 3.8) is 0 Å². The van der Waals surface area contributed by atoms with Crippen molar-refractivity contribution in [2.45, 2.75) is 30.7 Å². The van der Waals surface area contributed by atoms with Gasteiger partial charge >= 0.3 is 6.18 Å². The fourth-order valence-corrected chi connectivity index (χ4v) is 4.11. The smallest absolute Gasteiger partial charge is 0.433 e. The van der Waals surface area contributed by atoms with Gasteiger partial charge in [0.05, 0.1) is 26.0 Å². The van der Waals surface area contributed by atoms with Crippen molar-refractivity contribution in [1.29, 1.82) is 0 Å². The first-order chi connectivity index (χ1) is 16.0. The summed E-state index contributed by atoms with van der Waals surface area (Å²) < 4.78 is 72.5. The summed E-state index contributed by atoms with van der Waals surface area (Å²) in [5, 5.41) is -1.97. The zero-order valence-electron chi connectivity index (χ0n) is 17.8. The SMILES string of the molecule is COc1cc(OC)nc(C(c2nc(C(F)(F)F)ccc2C(=O)C2C(=O)CCCC2=O)S(=O)O)n1. The molecular weight excluding hydrogens is 483 g/mol. The van der Waals surface area contributed by atoms with E-state index in [0.29, 0.717) is 6.07 Å². The lowest BCUT2D eigenvalue weighted by molar-refractivity contribution is -0.141. The number of hydrogen-bond acceptors (Lipinski definition) is 9. The van der Waals surface area contributed by atoms with Gasteiger partial charge in [0.15, 0.2) is 39.5 Å². The van der Waals surface area contributed by atoms with Crippen molar-refractivity contribution >= 4 is 28.4 Å². The average molecular weight is 501 g/mol. The Labute approximate surface area is 193 Å². The fourth-order valence-electron chi connectivity index (χ4n) is 3.45. The van der Waals surface area contributed by atoms with Gasteiger partial charge in [-0.25, -0.2) is 9.19 Å². The summed E-state index contributed by atoms with van der Waals surface area (Å²) in [6.07, 6.45) is -4.84. The van der Waals surface area contributed by atoms with Gasteiger partial charge in [-0.15, -0.1) is 0 Å². The number of pyridine rings is 1. The highest BCUT2D eigenvalue weighted by molar-refractivity contribution is 7.79. The Bertz CT molecular complexity index is 1130. The number of ether oxygens (including phenoxy) is 2. The molecule has 3 rings (SSSR count). The van der Waals surface area contributed by atoms with Crippen LogP contribution in [0.2, 0.25) is 0 Å². The maximum Gasteiger partial charge on any atom is 0.433 e. The van der Waals surface area contributed by atoms with E-state index in [1.807, 2.05) is 0 Å². The van der Waals surface area contributed by atoms with Crippen LogP contribution in [0.3, 0.4) is 0 Å². The number of hydrogen-bond donors (Lipinski definition) is 1. The van der Waals surface area contributed by atoms with Crippen LogP contribution in [0.4, 0.5) is 13.2 Å². The normalized spacial score (nSPS) is 16.8. The number of halogens is 3. The number of rotatable bonds is 7. The predicted octanol–water partition coefficient (Wildman–Crippen LogP) is 2.34. The number of aromatic nitrogens is 3. The maximum atomic E-state index is 13.4. The van der Waals surface area contributed by atoms with Crippen LogP contribution in [0, 0.1) is 5.92 Å². The molecule has 14 heteroatoms. The molecule has 1 fully saturated rings. The van der Waals surface area contributed by atoms with Gasteiger partial charge in [0.25, 0.3) is 0 Å².